The van der Waals surface area contributed by atoms with Gasteiger partial charge >= 0.3 is 8.80 Å². The topological polar surface area (TPSA) is 91.0 Å². The van der Waals surface area contributed by atoms with E-state index in [-0.39, 0.29) is 12.1 Å². The molecule has 6 nitrogen and oxygen atoms in total. The van der Waals surface area contributed by atoms with Gasteiger partial charge in [-0.3, -0.25) is 4.79 Å². The molecule has 0 saturated carbocycles. The summed E-state index contributed by atoms with van der Waals surface area (Å²) in [6.07, 6.45) is 0.954. The first-order chi connectivity index (χ1) is 9.52. The maximum Gasteiger partial charge on any atom is 0.505 e. The lowest BCUT2D eigenvalue weighted by atomic mass is 9.99. The van der Waals surface area contributed by atoms with Gasteiger partial charge in [-0.05, 0) is 33.6 Å². The van der Waals surface area contributed by atoms with Gasteiger partial charge in [0.05, 0.1) is 0 Å². The van der Waals surface area contributed by atoms with Crippen LogP contribution in [0.3, 0.4) is 0 Å². The van der Waals surface area contributed by atoms with E-state index in [0.717, 1.165) is 0 Å². The molecule has 0 aliphatic heterocycles. The third-order valence-electron chi connectivity index (χ3n) is 3.22. The second kappa shape index (κ2) is 10.3. The standard InChI is InChI=1S/C13H29NO5Si/c1-5-12(11(9-10-15)13(14)16)20(17-6-2,18-7-3)19-8-4/h11-12,15H,5-10H2,1-4H3,(H2,14,16). The highest BCUT2D eigenvalue weighted by Crippen LogP contribution is 2.37. The first kappa shape index (κ1) is 19.5. The Morgan fingerprint density at radius 2 is 1.55 bits per heavy atom. The van der Waals surface area contributed by atoms with Crippen molar-refractivity contribution < 1.29 is 23.2 Å². The Hall–Kier alpha value is -0.473. The van der Waals surface area contributed by atoms with E-state index in [1.54, 1.807) is 0 Å². The van der Waals surface area contributed by atoms with Gasteiger partial charge < -0.3 is 24.1 Å². The summed E-state index contributed by atoms with van der Waals surface area (Å²) in [4.78, 5) is 11.7. The Labute approximate surface area is 123 Å². The Bertz CT molecular complexity index is 260. The minimum atomic E-state index is -3.00. The second-order valence-corrected chi connectivity index (χ2v) is 7.25. The number of hydrogen-bond donors (Lipinski definition) is 2. The normalized spacial score (nSPS) is 15.1. The number of hydrogen-bond acceptors (Lipinski definition) is 5. The molecule has 0 saturated heterocycles. The molecule has 0 aromatic rings. The van der Waals surface area contributed by atoms with Gasteiger partial charge in [-0.2, -0.15) is 0 Å². The van der Waals surface area contributed by atoms with Crippen molar-refractivity contribution in [3.05, 3.63) is 0 Å². The smallest absolute Gasteiger partial charge is 0.396 e. The molecule has 2 atom stereocenters. The minimum Gasteiger partial charge on any atom is -0.396 e. The summed E-state index contributed by atoms with van der Waals surface area (Å²) in [7, 11) is -3.00. The van der Waals surface area contributed by atoms with Gasteiger partial charge in [0.15, 0.2) is 0 Å². The van der Waals surface area contributed by atoms with Gasteiger partial charge in [-0.1, -0.05) is 6.92 Å². The van der Waals surface area contributed by atoms with E-state index < -0.39 is 20.6 Å². The third-order valence-corrected chi connectivity index (χ3v) is 7.01. The lowest BCUT2D eigenvalue weighted by Gasteiger charge is -2.37. The fraction of sp³-hybridized carbons (Fsp3) is 0.923. The van der Waals surface area contributed by atoms with Crippen LogP contribution in [0, 0.1) is 5.92 Å². The highest BCUT2D eigenvalue weighted by Gasteiger charge is 2.52. The number of rotatable bonds is 12. The molecule has 120 valence electrons. The molecule has 3 N–H and O–H groups in total. The summed E-state index contributed by atoms with van der Waals surface area (Å²) in [5, 5.41) is 9.17. The van der Waals surface area contributed by atoms with Crippen molar-refractivity contribution in [2.45, 2.75) is 46.1 Å². The minimum absolute atomic E-state index is 0.0983. The van der Waals surface area contributed by atoms with Crippen LogP contribution >= 0.6 is 0 Å². The van der Waals surface area contributed by atoms with E-state index >= 15 is 0 Å². The number of aliphatic hydroxyl groups is 1. The van der Waals surface area contributed by atoms with Crippen LogP contribution in [0.15, 0.2) is 0 Å². The van der Waals surface area contributed by atoms with Crippen LogP contribution in [0.2, 0.25) is 5.54 Å². The Morgan fingerprint density at radius 1 is 1.10 bits per heavy atom. The largest absolute Gasteiger partial charge is 0.505 e. The summed E-state index contributed by atoms with van der Waals surface area (Å²) < 4.78 is 17.5. The van der Waals surface area contributed by atoms with Crippen molar-refractivity contribution in [1.29, 1.82) is 0 Å². The van der Waals surface area contributed by atoms with Crippen molar-refractivity contribution in [3.8, 4) is 0 Å². The quantitative estimate of drug-likeness (QED) is 0.530. The fourth-order valence-electron chi connectivity index (χ4n) is 2.51. The molecule has 20 heavy (non-hydrogen) atoms. The highest BCUT2D eigenvalue weighted by molar-refractivity contribution is 6.62. The monoisotopic (exact) mass is 307 g/mol. The van der Waals surface area contributed by atoms with Crippen LogP contribution in [0.4, 0.5) is 0 Å². The molecular formula is C13H29NO5Si. The SMILES string of the molecule is CCO[Si](OCC)(OCC)C(CC)C(CCO)C(N)=O. The number of carbonyl (C=O) groups is 1. The molecule has 0 spiro atoms. The van der Waals surface area contributed by atoms with E-state index in [2.05, 4.69) is 0 Å². The summed E-state index contributed by atoms with van der Waals surface area (Å²) in [6, 6.07) is 0. The molecule has 7 heteroatoms. The molecular weight excluding hydrogens is 278 g/mol. The zero-order chi connectivity index (χ0) is 15.6. The molecule has 0 radical (unpaired) electrons. The lowest BCUT2D eigenvalue weighted by Crippen LogP contribution is -2.54. The van der Waals surface area contributed by atoms with Crippen molar-refractivity contribution in [1.82, 2.24) is 0 Å². The number of nitrogens with two attached hydrogens (primary N) is 1. The van der Waals surface area contributed by atoms with Gasteiger partial charge in [0.2, 0.25) is 5.91 Å². The van der Waals surface area contributed by atoms with E-state index in [4.69, 9.17) is 19.0 Å². The summed E-state index contributed by atoms with van der Waals surface area (Å²) in [5.74, 6) is -0.941. The van der Waals surface area contributed by atoms with Crippen LogP contribution in [0.1, 0.15) is 40.5 Å². The summed E-state index contributed by atoms with van der Waals surface area (Å²) in [6.45, 7) is 8.83. The summed E-state index contributed by atoms with van der Waals surface area (Å²) in [5.41, 5.74) is 5.26. The first-order valence-electron chi connectivity index (χ1n) is 7.34. The van der Waals surface area contributed by atoms with E-state index in [1.165, 1.54) is 0 Å². The van der Waals surface area contributed by atoms with Crippen LogP contribution in [-0.2, 0) is 18.1 Å². The van der Waals surface area contributed by atoms with Crippen molar-refractivity contribution >= 4 is 14.7 Å². The molecule has 0 bridgehead atoms. The predicted octanol–water partition coefficient (Wildman–Crippen LogP) is 1.30. The number of aliphatic hydroxyl groups excluding tert-OH is 1. The molecule has 0 rings (SSSR count). The summed E-state index contributed by atoms with van der Waals surface area (Å²) >= 11 is 0. The second-order valence-electron chi connectivity index (χ2n) is 4.44. The van der Waals surface area contributed by atoms with Gasteiger partial charge in [0.1, 0.15) is 0 Å². The number of amides is 1. The number of primary amides is 1. The van der Waals surface area contributed by atoms with Crippen molar-refractivity contribution in [3.63, 3.8) is 0 Å². The van der Waals surface area contributed by atoms with E-state index in [0.29, 0.717) is 32.7 Å². The molecule has 0 heterocycles. The number of carbonyl (C=O) groups excluding carboxylic acids is 1. The fourth-order valence-corrected chi connectivity index (χ4v) is 5.93. The lowest BCUT2D eigenvalue weighted by molar-refractivity contribution is -0.123. The maximum absolute atomic E-state index is 11.7. The van der Waals surface area contributed by atoms with E-state index in [1.807, 2.05) is 27.7 Å². The van der Waals surface area contributed by atoms with Crippen molar-refractivity contribution in [2.24, 2.45) is 11.7 Å². The van der Waals surface area contributed by atoms with Crippen LogP contribution in [-0.4, -0.2) is 46.2 Å². The van der Waals surface area contributed by atoms with E-state index in [9.17, 15) is 9.90 Å². The molecule has 0 aliphatic carbocycles. The molecule has 0 aliphatic rings. The Balaban J connectivity index is 5.45. The van der Waals surface area contributed by atoms with Gasteiger partial charge in [-0.25, -0.2) is 0 Å². The Kier molecular flexibility index (Phi) is 10.0. The molecule has 0 aromatic carbocycles. The van der Waals surface area contributed by atoms with Gasteiger partial charge in [0.25, 0.3) is 0 Å². The molecule has 2 unspecified atom stereocenters. The molecule has 0 fully saturated rings. The molecule has 1 amide bonds. The Morgan fingerprint density at radius 3 is 1.80 bits per heavy atom. The average molecular weight is 307 g/mol. The van der Waals surface area contributed by atoms with Crippen molar-refractivity contribution in [2.75, 3.05) is 26.4 Å². The maximum atomic E-state index is 11.7. The average Bonchev–Trinajstić information content (AvgIpc) is 2.39. The van der Waals surface area contributed by atoms with Gasteiger partial charge in [-0.15, -0.1) is 0 Å². The van der Waals surface area contributed by atoms with Crippen LogP contribution in [0.5, 0.6) is 0 Å². The first-order valence-corrected chi connectivity index (χ1v) is 9.15. The zero-order valence-corrected chi connectivity index (χ0v) is 14.1. The highest BCUT2D eigenvalue weighted by atomic mass is 28.4. The van der Waals surface area contributed by atoms with Gasteiger partial charge in [0, 0.05) is 37.9 Å². The van der Waals surface area contributed by atoms with Crippen LogP contribution < -0.4 is 5.73 Å². The van der Waals surface area contributed by atoms with Crippen LogP contribution in [0.25, 0.3) is 0 Å². The third kappa shape index (κ3) is 5.14. The molecule has 0 aromatic heterocycles. The predicted molar refractivity (Wildman–Crippen MR) is 79.1 cm³/mol. The zero-order valence-electron chi connectivity index (χ0n) is 13.1.